The van der Waals surface area contributed by atoms with Gasteiger partial charge in [0.15, 0.2) is 0 Å². The molecule has 1 aromatic rings. The fraction of sp³-hybridized carbons (Fsp3) is 0.545. The minimum absolute atomic E-state index is 0.101. The molecule has 1 aromatic heterocycles. The standard InChI is InChI=1S/C22H30N2O4S/c23-14-17-11-10-16(29-17)9-7-15(25)8-12-19-18(20(26)13-21(19)27)5-3-1-2-4-6-22(24)28/h1,3,8,10-12,15,18-21,25-27H,2,4-7,9,13H2,(H2,24,28)/t15-,18+,19+,20-,21+/m0/s1. The SMILES string of the molecule is N#Cc1ccc(CC[C@H](O)C=C[C@@H]2[C@@H](CC=CCCCC(N)=O)[C@@H](O)C[C@H]2O)s1. The Kier molecular flexibility index (Phi) is 9.55. The van der Waals surface area contributed by atoms with Gasteiger partial charge in [-0.05, 0) is 50.2 Å². The van der Waals surface area contributed by atoms with Crippen molar-refractivity contribution in [3.8, 4) is 6.07 Å². The highest BCUT2D eigenvalue weighted by Gasteiger charge is 2.39. The summed E-state index contributed by atoms with van der Waals surface area (Å²) in [5, 5.41) is 39.7. The lowest BCUT2D eigenvalue weighted by Crippen LogP contribution is -2.20. The summed E-state index contributed by atoms with van der Waals surface area (Å²) in [6.45, 7) is 0. The van der Waals surface area contributed by atoms with Gasteiger partial charge in [-0.25, -0.2) is 0 Å². The number of rotatable bonds is 11. The highest BCUT2D eigenvalue weighted by atomic mass is 32.1. The molecular weight excluding hydrogens is 388 g/mol. The van der Waals surface area contributed by atoms with Crippen LogP contribution in [0.1, 0.15) is 48.3 Å². The van der Waals surface area contributed by atoms with Gasteiger partial charge in [0.2, 0.25) is 5.91 Å². The number of amides is 1. The van der Waals surface area contributed by atoms with Crippen LogP contribution in [-0.4, -0.2) is 39.5 Å². The van der Waals surface area contributed by atoms with Gasteiger partial charge in [0.25, 0.3) is 0 Å². The number of carbonyl (C=O) groups excluding carboxylic acids is 1. The van der Waals surface area contributed by atoms with Crippen LogP contribution in [0.2, 0.25) is 0 Å². The zero-order valence-corrected chi connectivity index (χ0v) is 17.3. The normalized spacial score (nSPS) is 25.6. The van der Waals surface area contributed by atoms with Gasteiger partial charge in [0.05, 0.1) is 18.3 Å². The van der Waals surface area contributed by atoms with Gasteiger partial charge in [-0.1, -0.05) is 24.3 Å². The summed E-state index contributed by atoms with van der Waals surface area (Å²) in [4.78, 5) is 12.5. The van der Waals surface area contributed by atoms with Crippen molar-refractivity contribution in [2.24, 2.45) is 17.6 Å². The second kappa shape index (κ2) is 11.9. The molecule has 2 rings (SSSR count). The highest BCUT2D eigenvalue weighted by Crippen LogP contribution is 2.36. The van der Waals surface area contributed by atoms with Crippen molar-refractivity contribution in [3.05, 3.63) is 46.2 Å². The second-order valence-electron chi connectivity index (χ2n) is 7.55. The molecule has 29 heavy (non-hydrogen) atoms. The lowest BCUT2D eigenvalue weighted by Gasteiger charge is -2.19. The van der Waals surface area contributed by atoms with E-state index in [2.05, 4.69) is 6.07 Å². The Balaban J connectivity index is 1.82. The van der Waals surface area contributed by atoms with E-state index in [4.69, 9.17) is 11.0 Å². The summed E-state index contributed by atoms with van der Waals surface area (Å²) in [6, 6.07) is 5.80. The summed E-state index contributed by atoms with van der Waals surface area (Å²) in [5.74, 6) is -0.612. The third kappa shape index (κ3) is 7.75. The summed E-state index contributed by atoms with van der Waals surface area (Å²) in [6.07, 6.45) is 9.65. The van der Waals surface area contributed by atoms with Crippen molar-refractivity contribution in [2.75, 3.05) is 0 Å². The van der Waals surface area contributed by atoms with E-state index in [0.29, 0.717) is 43.4 Å². The van der Waals surface area contributed by atoms with Crippen molar-refractivity contribution in [2.45, 2.75) is 63.3 Å². The summed E-state index contributed by atoms with van der Waals surface area (Å²) >= 11 is 1.43. The number of aliphatic hydroxyl groups excluding tert-OH is 3. The van der Waals surface area contributed by atoms with E-state index in [1.807, 2.05) is 24.3 Å². The first-order chi connectivity index (χ1) is 13.9. The molecule has 1 saturated carbocycles. The van der Waals surface area contributed by atoms with Gasteiger partial charge in [0, 0.05) is 23.6 Å². The largest absolute Gasteiger partial charge is 0.393 e. The monoisotopic (exact) mass is 418 g/mol. The first-order valence-corrected chi connectivity index (χ1v) is 10.9. The third-order valence-corrected chi connectivity index (χ3v) is 6.35. The predicted octanol–water partition coefficient (Wildman–Crippen LogP) is 2.43. The molecule has 0 saturated heterocycles. The maximum absolute atomic E-state index is 10.7. The molecular formula is C22H30N2O4S. The molecule has 1 heterocycles. The van der Waals surface area contributed by atoms with E-state index in [-0.39, 0.29) is 17.7 Å². The Morgan fingerprint density at radius 2 is 2.14 bits per heavy atom. The van der Waals surface area contributed by atoms with E-state index in [0.717, 1.165) is 11.3 Å². The molecule has 0 radical (unpaired) electrons. The van der Waals surface area contributed by atoms with E-state index in [1.165, 1.54) is 11.3 Å². The number of nitrogens with two attached hydrogens (primary N) is 1. The molecule has 0 unspecified atom stereocenters. The quantitative estimate of drug-likeness (QED) is 0.324. The number of hydrogen-bond acceptors (Lipinski definition) is 6. The minimum atomic E-state index is -0.641. The van der Waals surface area contributed by atoms with Crippen LogP contribution >= 0.6 is 11.3 Å². The number of carbonyl (C=O) groups is 1. The Morgan fingerprint density at radius 1 is 1.34 bits per heavy atom. The number of thiophene rings is 1. The number of allylic oxidation sites excluding steroid dienone is 2. The van der Waals surface area contributed by atoms with Crippen LogP contribution < -0.4 is 5.73 Å². The molecule has 1 amide bonds. The zero-order valence-electron chi connectivity index (χ0n) is 16.5. The average molecular weight is 419 g/mol. The molecule has 158 valence electrons. The molecule has 1 aliphatic carbocycles. The first-order valence-electron chi connectivity index (χ1n) is 10.0. The number of aliphatic hydroxyl groups is 3. The van der Waals surface area contributed by atoms with E-state index in [1.54, 1.807) is 12.1 Å². The van der Waals surface area contributed by atoms with Crippen LogP contribution in [0.25, 0.3) is 0 Å². The fourth-order valence-corrected chi connectivity index (χ4v) is 4.51. The van der Waals surface area contributed by atoms with Gasteiger partial charge < -0.3 is 21.1 Å². The zero-order chi connectivity index (χ0) is 21.2. The van der Waals surface area contributed by atoms with Gasteiger partial charge >= 0.3 is 0 Å². The fourth-order valence-electron chi connectivity index (χ4n) is 3.69. The summed E-state index contributed by atoms with van der Waals surface area (Å²) in [7, 11) is 0. The van der Waals surface area contributed by atoms with E-state index < -0.39 is 18.3 Å². The van der Waals surface area contributed by atoms with Crippen molar-refractivity contribution in [1.29, 1.82) is 5.26 Å². The van der Waals surface area contributed by atoms with E-state index >= 15 is 0 Å². The lowest BCUT2D eigenvalue weighted by molar-refractivity contribution is -0.118. The molecule has 1 aliphatic rings. The summed E-state index contributed by atoms with van der Waals surface area (Å²) < 4.78 is 0. The van der Waals surface area contributed by atoms with Gasteiger partial charge in [-0.2, -0.15) is 5.26 Å². The average Bonchev–Trinajstić information content (AvgIpc) is 3.25. The van der Waals surface area contributed by atoms with Crippen LogP contribution in [0.4, 0.5) is 0 Å². The van der Waals surface area contributed by atoms with Gasteiger partial charge in [0.1, 0.15) is 10.9 Å². The molecule has 0 aliphatic heterocycles. The molecule has 0 spiro atoms. The third-order valence-electron chi connectivity index (χ3n) is 5.30. The first kappa shape index (κ1) is 23.3. The number of primary amides is 1. The molecule has 1 fully saturated rings. The molecule has 6 nitrogen and oxygen atoms in total. The minimum Gasteiger partial charge on any atom is -0.393 e. The van der Waals surface area contributed by atoms with Crippen LogP contribution in [0, 0.1) is 23.2 Å². The summed E-state index contributed by atoms with van der Waals surface area (Å²) in [5.41, 5.74) is 5.11. The Hall–Kier alpha value is -1.98. The van der Waals surface area contributed by atoms with Crippen molar-refractivity contribution >= 4 is 17.2 Å². The number of unbranched alkanes of at least 4 members (excludes halogenated alkanes) is 1. The van der Waals surface area contributed by atoms with Crippen LogP contribution in [0.5, 0.6) is 0 Å². The number of aryl methyl sites for hydroxylation is 1. The Bertz CT molecular complexity index is 752. The smallest absolute Gasteiger partial charge is 0.217 e. The van der Waals surface area contributed by atoms with Crippen LogP contribution in [0.3, 0.4) is 0 Å². The van der Waals surface area contributed by atoms with Crippen molar-refractivity contribution in [3.63, 3.8) is 0 Å². The predicted molar refractivity (Wildman–Crippen MR) is 113 cm³/mol. The maximum Gasteiger partial charge on any atom is 0.217 e. The molecule has 7 heteroatoms. The van der Waals surface area contributed by atoms with Crippen molar-refractivity contribution < 1.29 is 20.1 Å². The highest BCUT2D eigenvalue weighted by molar-refractivity contribution is 7.12. The lowest BCUT2D eigenvalue weighted by atomic mass is 9.89. The topological polar surface area (TPSA) is 128 Å². The Morgan fingerprint density at radius 3 is 2.83 bits per heavy atom. The maximum atomic E-state index is 10.7. The Labute approximate surface area is 176 Å². The van der Waals surface area contributed by atoms with E-state index in [9.17, 15) is 20.1 Å². The molecule has 0 aromatic carbocycles. The number of hydrogen-bond donors (Lipinski definition) is 4. The number of nitriles is 1. The van der Waals surface area contributed by atoms with Gasteiger partial charge in [-0.3, -0.25) is 4.79 Å². The second-order valence-corrected chi connectivity index (χ2v) is 8.71. The van der Waals surface area contributed by atoms with Gasteiger partial charge in [-0.15, -0.1) is 11.3 Å². The van der Waals surface area contributed by atoms with Crippen LogP contribution in [0.15, 0.2) is 36.4 Å². The molecule has 0 bridgehead atoms. The molecule has 5 N–H and O–H groups in total. The molecule has 5 atom stereocenters. The number of nitrogens with zero attached hydrogens (tertiary/aromatic N) is 1. The van der Waals surface area contributed by atoms with Crippen LogP contribution in [-0.2, 0) is 11.2 Å². The van der Waals surface area contributed by atoms with Crippen molar-refractivity contribution in [1.82, 2.24) is 0 Å².